The van der Waals surface area contributed by atoms with Crippen LogP contribution in [0.4, 0.5) is 0 Å². The second-order valence-electron chi connectivity index (χ2n) is 2.43. The lowest BCUT2D eigenvalue weighted by atomic mass is 10.3. The summed E-state index contributed by atoms with van der Waals surface area (Å²) in [5.74, 6) is -2.27. The van der Waals surface area contributed by atoms with E-state index >= 15 is 0 Å². The van der Waals surface area contributed by atoms with Crippen molar-refractivity contribution >= 4 is 17.7 Å². The average Bonchev–Trinajstić information content (AvgIpc) is 2.01. The standard InChI is InChI=1S/C9H12O5/c1-4-13-9(12)8(5-6(2)10)14-7(3)11/h5H,4H2,1-3H3/b8-5+. The summed E-state index contributed by atoms with van der Waals surface area (Å²) in [5.41, 5.74) is 0. The van der Waals surface area contributed by atoms with Gasteiger partial charge in [-0.2, -0.15) is 0 Å². The normalized spacial score (nSPS) is 10.6. The molecular weight excluding hydrogens is 188 g/mol. The minimum absolute atomic E-state index is 0.148. The molecule has 0 amide bonds. The van der Waals surface area contributed by atoms with Crippen LogP contribution in [0.25, 0.3) is 0 Å². The smallest absolute Gasteiger partial charge is 0.374 e. The van der Waals surface area contributed by atoms with Gasteiger partial charge in [-0.25, -0.2) is 4.79 Å². The number of allylic oxidation sites excluding steroid dienone is 1. The number of ketones is 1. The monoisotopic (exact) mass is 200 g/mol. The van der Waals surface area contributed by atoms with E-state index in [-0.39, 0.29) is 12.4 Å². The fraction of sp³-hybridized carbons (Fsp3) is 0.444. The fourth-order valence-electron chi connectivity index (χ4n) is 0.672. The molecule has 0 radical (unpaired) electrons. The first-order valence-corrected chi connectivity index (χ1v) is 4.05. The predicted octanol–water partition coefficient (Wildman–Crippen LogP) is 0.586. The van der Waals surface area contributed by atoms with Gasteiger partial charge in [0.25, 0.3) is 0 Å². The van der Waals surface area contributed by atoms with Crippen molar-refractivity contribution in [3.63, 3.8) is 0 Å². The van der Waals surface area contributed by atoms with Crippen molar-refractivity contribution in [3.8, 4) is 0 Å². The van der Waals surface area contributed by atoms with Crippen LogP contribution in [0.1, 0.15) is 20.8 Å². The SMILES string of the molecule is CCOC(=O)/C(=C\C(C)=O)OC(C)=O. The minimum Gasteiger partial charge on any atom is -0.460 e. The van der Waals surface area contributed by atoms with Crippen LogP contribution in [-0.4, -0.2) is 24.3 Å². The van der Waals surface area contributed by atoms with Crippen LogP contribution >= 0.6 is 0 Å². The molecule has 0 N–H and O–H groups in total. The molecule has 0 aliphatic rings. The van der Waals surface area contributed by atoms with E-state index in [1.165, 1.54) is 6.92 Å². The lowest BCUT2D eigenvalue weighted by Crippen LogP contribution is -2.14. The van der Waals surface area contributed by atoms with Gasteiger partial charge in [-0.3, -0.25) is 9.59 Å². The van der Waals surface area contributed by atoms with Crippen LogP contribution in [0.5, 0.6) is 0 Å². The Labute approximate surface area is 81.7 Å². The number of hydrogen-bond donors (Lipinski definition) is 0. The summed E-state index contributed by atoms with van der Waals surface area (Å²) in [6.45, 7) is 4.13. The molecule has 0 aromatic carbocycles. The second-order valence-corrected chi connectivity index (χ2v) is 2.43. The molecule has 5 nitrogen and oxygen atoms in total. The summed E-state index contributed by atoms with van der Waals surface area (Å²) in [4.78, 5) is 32.3. The molecule has 0 aromatic rings. The Kier molecular flexibility index (Phi) is 5.21. The van der Waals surface area contributed by atoms with Crippen molar-refractivity contribution < 1.29 is 23.9 Å². The van der Waals surface area contributed by atoms with E-state index in [0.717, 1.165) is 13.0 Å². The van der Waals surface area contributed by atoms with Crippen molar-refractivity contribution in [2.24, 2.45) is 0 Å². The van der Waals surface area contributed by atoms with Gasteiger partial charge in [0.2, 0.25) is 5.76 Å². The van der Waals surface area contributed by atoms with E-state index in [0.29, 0.717) is 0 Å². The highest BCUT2D eigenvalue weighted by atomic mass is 16.6. The van der Waals surface area contributed by atoms with Crippen LogP contribution in [0.2, 0.25) is 0 Å². The highest BCUT2D eigenvalue weighted by Crippen LogP contribution is 2.01. The summed E-state index contributed by atoms with van der Waals surface area (Å²) in [7, 11) is 0. The second kappa shape index (κ2) is 5.90. The zero-order valence-corrected chi connectivity index (χ0v) is 8.33. The van der Waals surface area contributed by atoms with Gasteiger partial charge in [0.05, 0.1) is 6.61 Å². The average molecular weight is 200 g/mol. The number of esters is 2. The number of rotatable bonds is 4. The molecule has 0 rings (SSSR count). The van der Waals surface area contributed by atoms with Crippen molar-refractivity contribution in [2.45, 2.75) is 20.8 Å². The van der Waals surface area contributed by atoms with Gasteiger partial charge in [0.1, 0.15) is 0 Å². The molecule has 0 aliphatic carbocycles. The maximum atomic E-state index is 11.1. The van der Waals surface area contributed by atoms with E-state index in [9.17, 15) is 14.4 Å². The predicted molar refractivity (Wildman–Crippen MR) is 47.2 cm³/mol. The van der Waals surface area contributed by atoms with Gasteiger partial charge in [-0.1, -0.05) is 0 Å². The zero-order valence-electron chi connectivity index (χ0n) is 8.33. The molecule has 5 heteroatoms. The molecule has 0 saturated heterocycles. The van der Waals surface area contributed by atoms with E-state index in [1.54, 1.807) is 6.92 Å². The third-order valence-corrected chi connectivity index (χ3v) is 1.06. The van der Waals surface area contributed by atoms with Gasteiger partial charge in [-0.15, -0.1) is 0 Å². The molecule has 0 spiro atoms. The quantitative estimate of drug-likeness (QED) is 0.377. The van der Waals surface area contributed by atoms with Gasteiger partial charge in [-0.05, 0) is 13.8 Å². The number of carbonyl (C=O) groups is 3. The first-order chi connectivity index (χ1) is 6.47. The number of carbonyl (C=O) groups excluding carboxylic acids is 3. The third kappa shape index (κ3) is 5.08. The number of hydrogen-bond acceptors (Lipinski definition) is 5. The van der Waals surface area contributed by atoms with Crippen molar-refractivity contribution in [1.82, 2.24) is 0 Å². The Balaban J connectivity index is 4.63. The molecule has 14 heavy (non-hydrogen) atoms. The van der Waals surface area contributed by atoms with Crippen LogP contribution < -0.4 is 0 Å². The summed E-state index contributed by atoms with van der Waals surface area (Å²) in [6.07, 6.45) is 0.916. The van der Waals surface area contributed by atoms with Crippen LogP contribution in [0.3, 0.4) is 0 Å². The molecule has 0 saturated carbocycles. The third-order valence-electron chi connectivity index (χ3n) is 1.06. The summed E-state index contributed by atoms with van der Waals surface area (Å²) in [6, 6.07) is 0. The lowest BCUT2D eigenvalue weighted by molar-refractivity contribution is -0.150. The Hall–Kier alpha value is -1.65. The van der Waals surface area contributed by atoms with Crippen LogP contribution in [0.15, 0.2) is 11.8 Å². The molecule has 0 bridgehead atoms. The van der Waals surface area contributed by atoms with Crippen molar-refractivity contribution in [2.75, 3.05) is 6.61 Å². The molecule has 78 valence electrons. The minimum atomic E-state index is -0.821. The molecule has 0 fully saturated rings. The largest absolute Gasteiger partial charge is 0.460 e. The fourth-order valence-corrected chi connectivity index (χ4v) is 0.672. The maximum absolute atomic E-state index is 11.1. The van der Waals surface area contributed by atoms with Gasteiger partial charge in [0.15, 0.2) is 5.78 Å². The van der Waals surface area contributed by atoms with E-state index < -0.39 is 17.7 Å². The first kappa shape index (κ1) is 12.3. The molecule has 0 aliphatic heterocycles. The summed E-state index contributed by atoms with van der Waals surface area (Å²) >= 11 is 0. The highest BCUT2D eigenvalue weighted by Gasteiger charge is 2.15. The maximum Gasteiger partial charge on any atom is 0.374 e. The Bertz CT molecular complexity index is 277. The summed E-state index contributed by atoms with van der Waals surface area (Å²) in [5, 5.41) is 0. The zero-order chi connectivity index (χ0) is 11.1. The first-order valence-electron chi connectivity index (χ1n) is 4.05. The van der Waals surface area contributed by atoms with Crippen LogP contribution in [0, 0.1) is 0 Å². The molecule has 0 aromatic heterocycles. The molecule has 0 unspecified atom stereocenters. The van der Waals surface area contributed by atoms with Crippen LogP contribution in [-0.2, 0) is 23.9 Å². The van der Waals surface area contributed by atoms with Gasteiger partial charge in [0, 0.05) is 13.0 Å². The molecule has 0 heterocycles. The van der Waals surface area contributed by atoms with E-state index in [2.05, 4.69) is 9.47 Å². The lowest BCUT2D eigenvalue weighted by Gasteiger charge is -2.04. The molecular formula is C9H12O5. The Morgan fingerprint density at radius 3 is 2.14 bits per heavy atom. The highest BCUT2D eigenvalue weighted by molar-refractivity contribution is 5.98. The Morgan fingerprint density at radius 2 is 1.79 bits per heavy atom. The summed E-state index contributed by atoms with van der Waals surface area (Å²) < 4.78 is 9.07. The molecule has 0 atom stereocenters. The Morgan fingerprint density at radius 1 is 1.21 bits per heavy atom. The van der Waals surface area contributed by atoms with Gasteiger partial charge >= 0.3 is 11.9 Å². The number of ether oxygens (including phenoxy) is 2. The van der Waals surface area contributed by atoms with Crippen molar-refractivity contribution in [1.29, 1.82) is 0 Å². The van der Waals surface area contributed by atoms with Gasteiger partial charge < -0.3 is 9.47 Å². The van der Waals surface area contributed by atoms with E-state index in [4.69, 9.17) is 0 Å². The topological polar surface area (TPSA) is 69.7 Å². The van der Waals surface area contributed by atoms with Crippen molar-refractivity contribution in [3.05, 3.63) is 11.8 Å². The van der Waals surface area contributed by atoms with E-state index in [1.807, 2.05) is 0 Å².